The smallest absolute Gasteiger partial charge is 0.305 e. The number of amides is 1. The van der Waals surface area contributed by atoms with E-state index in [2.05, 4.69) is 14.9 Å². The fourth-order valence-corrected chi connectivity index (χ4v) is 3.37. The van der Waals surface area contributed by atoms with Crippen molar-refractivity contribution < 1.29 is 14.7 Å². The summed E-state index contributed by atoms with van der Waals surface area (Å²) in [6, 6.07) is 0. The topological polar surface area (TPSA) is 92.2 Å². The number of nitrogens with one attached hydrogen (secondary N) is 1. The average Bonchev–Trinajstić information content (AvgIpc) is 2.98. The number of aryl methyl sites for hydroxylation is 1. The van der Waals surface area contributed by atoms with Gasteiger partial charge >= 0.3 is 5.97 Å². The fraction of sp³-hybridized carbons (Fsp3) is 0.692. The van der Waals surface area contributed by atoms with Crippen LogP contribution in [0.25, 0.3) is 0 Å². The Labute approximate surface area is 121 Å². The Morgan fingerprint density at radius 3 is 2.70 bits per heavy atom. The summed E-state index contributed by atoms with van der Waals surface area (Å²) in [5.74, 6) is -1.10. The number of carboxylic acids is 1. The van der Waals surface area contributed by atoms with E-state index < -0.39 is 11.5 Å². The van der Waals surface area contributed by atoms with Crippen molar-refractivity contribution >= 4 is 23.4 Å². The van der Waals surface area contributed by atoms with Gasteiger partial charge in [0.25, 0.3) is 5.91 Å². The van der Waals surface area contributed by atoms with Gasteiger partial charge in [0.05, 0.1) is 17.7 Å². The van der Waals surface area contributed by atoms with Gasteiger partial charge in [0.15, 0.2) is 0 Å². The lowest BCUT2D eigenvalue weighted by molar-refractivity contribution is -0.138. The summed E-state index contributed by atoms with van der Waals surface area (Å²) < 4.78 is 3.83. The molecule has 1 aromatic rings. The van der Waals surface area contributed by atoms with E-state index in [9.17, 15) is 9.59 Å². The van der Waals surface area contributed by atoms with E-state index in [1.807, 2.05) is 6.92 Å². The molecule has 1 fully saturated rings. The molecule has 0 radical (unpaired) electrons. The van der Waals surface area contributed by atoms with Crippen LogP contribution in [0.1, 0.15) is 60.8 Å². The number of hydrogen-bond donors (Lipinski definition) is 2. The van der Waals surface area contributed by atoms with E-state index in [4.69, 9.17) is 5.11 Å². The Bertz CT molecular complexity index is 495. The molecule has 0 bridgehead atoms. The van der Waals surface area contributed by atoms with Gasteiger partial charge in [0.1, 0.15) is 4.88 Å². The van der Waals surface area contributed by atoms with Gasteiger partial charge in [0, 0.05) is 0 Å². The summed E-state index contributed by atoms with van der Waals surface area (Å²) in [4.78, 5) is 23.9. The maximum absolute atomic E-state index is 12.4. The van der Waals surface area contributed by atoms with Gasteiger partial charge in [-0.3, -0.25) is 9.59 Å². The van der Waals surface area contributed by atoms with Gasteiger partial charge in [-0.25, -0.2) is 0 Å². The largest absolute Gasteiger partial charge is 0.481 e. The van der Waals surface area contributed by atoms with Crippen molar-refractivity contribution in [2.75, 3.05) is 0 Å². The second-order valence-electron chi connectivity index (χ2n) is 5.31. The molecule has 20 heavy (non-hydrogen) atoms. The normalized spacial score (nSPS) is 17.1. The lowest BCUT2D eigenvalue weighted by Crippen LogP contribution is -2.47. The van der Waals surface area contributed by atoms with Crippen molar-refractivity contribution in [2.24, 2.45) is 0 Å². The third-order valence-corrected chi connectivity index (χ3v) is 4.44. The molecule has 2 N–H and O–H groups in total. The van der Waals surface area contributed by atoms with Crippen LogP contribution in [0.15, 0.2) is 0 Å². The molecule has 2 rings (SSSR count). The van der Waals surface area contributed by atoms with Crippen LogP contribution in [0.2, 0.25) is 0 Å². The molecule has 1 aliphatic carbocycles. The van der Waals surface area contributed by atoms with Crippen LogP contribution in [0, 0.1) is 0 Å². The van der Waals surface area contributed by atoms with Gasteiger partial charge < -0.3 is 10.4 Å². The molecule has 1 saturated carbocycles. The maximum atomic E-state index is 12.4. The van der Waals surface area contributed by atoms with E-state index >= 15 is 0 Å². The van der Waals surface area contributed by atoms with E-state index in [0.29, 0.717) is 17.0 Å². The molecule has 0 atom stereocenters. The van der Waals surface area contributed by atoms with Crippen molar-refractivity contribution in [1.82, 2.24) is 14.9 Å². The van der Waals surface area contributed by atoms with Gasteiger partial charge in [-0.1, -0.05) is 30.7 Å². The number of carbonyl (C=O) groups excluding carboxylic acids is 1. The molecule has 7 heteroatoms. The molecule has 0 saturated heterocycles. The van der Waals surface area contributed by atoms with Gasteiger partial charge in [0.2, 0.25) is 0 Å². The lowest BCUT2D eigenvalue weighted by atomic mass is 9.93. The fourth-order valence-electron chi connectivity index (χ4n) is 2.77. The number of nitrogens with zero attached hydrogens (tertiary/aromatic N) is 2. The highest BCUT2D eigenvalue weighted by atomic mass is 32.1. The van der Waals surface area contributed by atoms with Crippen molar-refractivity contribution in [1.29, 1.82) is 0 Å². The molecule has 6 nitrogen and oxygen atoms in total. The Hall–Kier alpha value is -1.50. The zero-order chi connectivity index (χ0) is 14.6. The minimum absolute atomic E-state index is 0.0198. The first-order valence-electron chi connectivity index (χ1n) is 6.92. The molecule has 0 spiro atoms. The minimum atomic E-state index is -0.872. The highest BCUT2D eigenvalue weighted by molar-refractivity contribution is 7.08. The zero-order valence-electron chi connectivity index (χ0n) is 11.5. The number of aromatic nitrogens is 2. The van der Waals surface area contributed by atoms with Gasteiger partial charge in [-0.05, 0) is 30.8 Å². The summed E-state index contributed by atoms with van der Waals surface area (Å²) in [6.45, 7) is 2.02. The van der Waals surface area contributed by atoms with Crippen LogP contribution in [0.4, 0.5) is 0 Å². The molecule has 1 heterocycles. The monoisotopic (exact) mass is 297 g/mol. The first-order chi connectivity index (χ1) is 9.56. The molecule has 1 aromatic heterocycles. The van der Waals surface area contributed by atoms with E-state index in [0.717, 1.165) is 43.6 Å². The van der Waals surface area contributed by atoms with Crippen molar-refractivity contribution in [3.63, 3.8) is 0 Å². The first-order valence-corrected chi connectivity index (χ1v) is 7.69. The molecule has 0 aliphatic heterocycles. The molecule has 1 amide bonds. The summed E-state index contributed by atoms with van der Waals surface area (Å²) in [7, 11) is 0. The number of carbonyl (C=O) groups is 2. The van der Waals surface area contributed by atoms with E-state index in [1.165, 1.54) is 0 Å². The summed E-state index contributed by atoms with van der Waals surface area (Å²) >= 11 is 1.08. The maximum Gasteiger partial charge on any atom is 0.305 e. The quantitative estimate of drug-likeness (QED) is 0.838. The lowest BCUT2D eigenvalue weighted by Gasteiger charge is -2.28. The third-order valence-electron chi connectivity index (χ3n) is 3.68. The summed E-state index contributed by atoms with van der Waals surface area (Å²) in [5.41, 5.74) is 0.106. The minimum Gasteiger partial charge on any atom is -0.481 e. The van der Waals surface area contributed by atoms with E-state index in [-0.39, 0.29) is 12.3 Å². The van der Waals surface area contributed by atoms with Crippen LogP contribution >= 0.6 is 11.5 Å². The SMILES string of the molecule is CCCc1nnsc1C(=O)NC1(CC(=O)O)CCCC1. The summed E-state index contributed by atoms with van der Waals surface area (Å²) in [5, 5.41) is 16.0. The molecule has 110 valence electrons. The Kier molecular flexibility index (Phi) is 4.69. The van der Waals surface area contributed by atoms with Crippen molar-refractivity contribution in [2.45, 2.75) is 57.4 Å². The number of aliphatic carboxylic acids is 1. The number of rotatable bonds is 6. The third kappa shape index (κ3) is 3.33. The second-order valence-corrected chi connectivity index (χ2v) is 6.06. The molecular formula is C13H19N3O3S. The van der Waals surface area contributed by atoms with Crippen molar-refractivity contribution in [3.8, 4) is 0 Å². The van der Waals surface area contributed by atoms with Crippen LogP contribution in [-0.2, 0) is 11.2 Å². The second kappa shape index (κ2) is 6.30. The average molecular weight is 297 g/mol. The highest BCUT2D eigenvalue weighted by Gasteiger charge is 2.38. The molecular weight excluding hydrogens is 278 g/mol. The number of carboxylic acid groups (broad SMARTS) is 1. The molecule has 0 unspecified atom stereocenters. The van der Waals surface area contributed by atoms with Crippen LogP contribution in [0.3, 0.4) is 0 Å². The van der Waals surface area contributed by atoms with Crippen LogP contribution in [-0.4, -0.2) is 32.1 Å². The standard InChI is InChI=1S/C13H19N3O3S/c1-2-5-9-11(20-16-15-9)12(19)14-13(8-10(17)18)6-3-4-7-13/h2-8H2,1H3,(H,14,19)(H,17,18). The highest BCUT2D eigenvalue weighted by Crippen LogP contribution is 2.33. The first kappa shape index (κ1) is 14.9. The predicted octanol–water partition coefficient (Wildman–Crippen LogP) is 2.01. The van der Waals surface area contributed by atoms with Crippen LogP contribution < -0.4 is 5.32 Å². The van der Waals surface area contributed by atoms with Crippen LogP contribution in [0.5, 0.6) is 0 Å². The van der Waals surface area contributed by atoms with E-state index in [1.54, 1.807) is 0 Å². The Balaban J connectivity index is 2.12. The predicted molar refractivity (Wildman–Crippen MR) is 74.8 cm³/mol. The summed E-state index contributed by atoms with van der Waals surface area (Å²) in [6.07, 6.45) is 4.94. The van der Waals surface area contributed by atoms with Gasteiger partial charge in [-0.2, -0.15) is 0 Å². The molecule has 0 aromatic carbocycles. The molecule has 1 aliphatic rings. The Morgan fingerprint density at radius 2 is 2.10 bits per heavy atom. The Morgan fingerprint density at radius 1 is 1.40 bits per heavy atom. The number of hydrogen-bond acceptors (Lipinski definition) is 5. The zero-order valence-corrected chi connectivity index (χ0v) is 12.3. The van der Waals surface area contributed by atoms with Crippen molar-refractivity contribution in [3.05, 3.63) is 10.6 Å². The van der Waals surface area contributed by atoms with Gasteiger partial charge in [-0.15, -0.1) is 5.10 Å².